The Balaban J connectivity index is 2.58. The molecule has 0 unspecified atom stereocenters. The van der Waals surface area contributed by atoms with Gasteiger partial charge >= 0.3 is 0 Å². The summed E-state index contributed by atoms with van der Waals surface area (Å²) in [6.45, 7) is 4.71. The van der Waals surface area contributed by atoms with E-state index in [9.17, 15) is 0 Å². The highest BCUT2D eigenvalue weighted by Gasteiger charge is 2.12. The van der Waals surface area contributed by atoms with Crippen LogP contribution in [0.15, 0.2) is 30.5 Å². The van der Waals surface area contributed by atoms with E-state index in [2.05, 4.69) is 46.7 Å². The lowest BCUT2D eigenvalue weighted by molar-refractivity contribution is 0.914. The van der Waals surface area contributed by atoms with Gasteiger partial charge in [-0.2, -0.15) is 0 Å². The molecule has 2 heterocycles. The second-order valence-electron chi connectivity index (χ2n) is 4.60. The van der Waals surface area contributed by atoms with Crippen molar-refractivity contribution in [3.63, 3.8) is 0 Å². The van der Waals surface area contributed by atoms with Gasteiger partial charge in [0.05, 0.1) is 23.3 Å². The minimum absolute atomic E-state index is 0.579. The molecule has 0 saturated heterocycles. The fraction of sp³-hybridized carbons (Fsp3) is 0.188. The van der Waals surface area contributed by atoms with Crippen molar-refractivity contribution in [3.05, 3.63) is 41.7 Å². The number of nitrogens with zero attached hydrogens (tertiary/aromatic N) is 2. The Morgan fingerprint density at radius 1 is 1.22 bits per heavy atom. The fourth-order valence-electron chi connectivity index (χ4n) is 2.59. The summed E-state index contributed by atoms with van der Waals surface area (Å²) in [4.78, 5) is 4.38. The maximum Gasteiger partial charge on any atom is 0.0841 e. The number of aryl methyl sites for hydroxylation is 2. The Labute approximate surface area is 106 Å². The van der Waals surface area contributed by atoms with Gasteiger partial charge < -0.3 is 4.57 Å². The lowest BCUT2D eigenvalue weighted by Crippen LogP contribution is -1.97. The zero-order valence-corrected chi connectivity index (χ0v) is 10.6. The molecular weight excluding hydrogens is 220 g/mol. The van der Waals surface area contributed by atoms with Gasteiger partial charge in [0.25, 0.3) is 0 Å². The van der Waals surface area contributed by atoms with Gasteiger partial charge in [-0.3, -0.25) is 4.98 Å². The van der Waals surface area contributed by atoms with E-state index in [0.717, 1.165) is 11.2 Å². The molecule has 2 heteroatoms. The molecule has 0 spiro atoms. The number of hydrogen-bond donors (Lipinski definition) is 0. The summed E-state index contributed by atoms with van der Waals surface area (Å²) in [5.41, 5.74) is 4.61. The third-order valence-corrected chi connectivity index (χ3v) is 3.36. The number of rotatable bonds is 1. The van der Waals surface area contributed by atoms with Crippen LogP contribution in [0.25, 0.3) is 21.8 Å². The van der Waals surface area contributed by atoms with E-state index in [4.69, 9.17) is 6.42 Å². The van der Waals surface area contributed by atoms with Crippen molar-refractivity contribution in [2.75, 3.05) is 0 Å². The van der Waals surface area contributed by atoms with Crippen molar-refractivity contribution in [1.29, 1.82) is 0 Å². The molecular formula is C16H14N2. The number of fused-ring (bicyclic) bond motifs is 3. The van der Waals surface area contributed by atoms with E-state index >= 15 is 0 Å². The van der Waals surface area contributed by atoms with Gasteiger partial charge in [0.15, 0.2) is 0 Å². The standard InChI is InChI=1S/C16H14N2/c1-4-9-18-15-10-11(2)5-6-13(15)14-7-8-17-12(3)16(14)18/h1,5-8,10H,9H2,2-3H3. The molecule has 0 aliphatic carbocycles. The quantitative estimate of drug-likeness (QED) is 0.590. The molecule has 0 radical (unpaired) electrons. The van der Waals surface area contributed by atoms with E-state index in [0.29, 0.717) is 6.54 Å². The van der Waals surface area contributed by atoms with Crippen LogP contribution >= 0.6 is 0 Å². The van der Waals surface area contributed by atoms with Gasteiger partial charge in [0.2, 0.25) is 0 Å². The maximum absolute atomic E-state index is 5.50. The normalized spacial score (nSPS) is 10.9. The van der Waals surface area contributed by atoms with Gasteiger partial charge in [0, 0.05) is 17.0 Å². The fourth-order valence-corrected chi connectivity index (χ4v) is 2.59. The van der Waals surface area contributed by atoms with E-state index in [1.807, 2.05) is 13.1 Å². The van der Waals surface area contributed by atoms with Gasteiger partial charge in [-0.05, 0) is 31.5 Å². The maximum atomic E-state index is 5.50. The first-order chi connectivity index (χ1) is 8.72. The molecule has 88 valence electrons. The van der Waals surface area contributed by atoms with Gasteiger partial charge in [-0.25, -0.2) is 0 Å². The Morgan fingerprint density at radius 2 is 2.06 bits per heavy atom. The van der Waals surface area contributed by atoms with Gasteiger partial charge in [0.1, 0.15) is 0 Å². The Kier molecular flexibility index (Phi) is 2.34. The molecule has 18 heavy (non-hydrogen) atoms. The van der Waals surface area contributed by atoms with Crippen molar-refractivity contribution >= 4 is 21.8 Å². The minimum Gasteiger partial charge on any atom is -0.327 e. The number of hydrogen-bond acceptors (Lipinski definition) is 1. The van der Waals surface area contributed by atoms with Crippen LogP contribution in [0, 0.1) is 26.2 Å². The second kappa shape index (κ2) is 3.89. The van der Waals surface area contributed by atoms with E-state index in [-0.39, 0.29) is 0 Å². The van der Waals surface area contributed by atoms with Crippen LogP contribution in [0.3, 0.4) is 0 Å². The predicted molar refractivity (Wildman–Crippen MR) is 75.5 cm³/mol. The van der Waals surface area contributed by atoms with Crippen LogP contribution in [-0.2, 0) is 6.54 Å². The summed E-state index contributed by atoms with van der Waals surface area (Å²) in [6.07, 6.45) is 7.36. The summed E-state index contributed by atoms with van der Waals surface area (Å²) in [5.74, 6) is 2.74. The Morgan fingerprint density at radius 3 is 2.83 bits per heavy atom. The van der Waals surface area contributed by atoms with E-state index in [1.54, 1.807) is 0 Å². The highest BCUT2D eigenvalue weighted by atomic mass is 15.0. The Hall–Kier alpha value is -2.27. The number of aromatic nitrogens is 2. The third kappa shape index (κ3) is 1.41. The van der Waals surface area contributed by atoms with Crippen molar-refractivity contribution in [2.45, 2.75) is 20.4 Å². The summed E-state index contributed by atoms with van der Waals surface area (Å²) < 4.78 is 2.18. The average molecular weight is 234 g/mol. The van der Waals surface area contributed by atoms with Crippen molar-refractivity contribution < 1.29 is 0 Å². The lowest BCUT2D eigenvalue weighted by Gasteiger charge is -2.04. The van der Waals surface area contributed by atoms with E-state index < -0.39 is 0 Å². The molecule has 3 rings (SSSR count). The first-order valence-corrected chi connectivity index (χ1v) is 6.00. The molecule has 2 nitrogen and oxygen atoms in total. The molecule has 0 bridgehead atoms. The third-order valence-electron chi connectivity index (χ3n) is 3.36. The lowest BCUT2D eigenvalue weighted by atomic mass is 10.1. The summed E-state index contributed by atoms with van der Waals surface area (Å²) in [6, 6.07) is 8.55. The van der Waals surface area contributed by atoms with Crippen LogP contribution < -0.4 is 0 Å². The van der Waals surface area contributed by atoms with Crippen LogP contribution in [0.2, 0.25) is 0 Å². The smallest absolute Gasteiger partial charge is 0.0841 e. The molecule has 0 atom stereocenters. The highest BCUT2D eigenvalue weighted by molar-refractivity contribution is 6.08. The molecule has 0 aliphatic heterocycles. The highest BCUT2D eigenvalue weighted by Crippen LogP contribution is 2.30. The van der Waals surface area contributed by atoms with Crippen LogP contribution in [-0.4, -0.2) is 9.55 Å². The molecule has 0 N–H and O–H groups in total. The van der Waals surface area contributed by atoms with Crippen LogP contribution in [0.4, 0.5) is 0 Å². The minimum atomic E-state index is 0.579. The average Bonchev–Trinajstić information content (AvgIpc) is 2.65. The van der Waals surface area contributed by atoms with Crippen molar-refractivity contribution in [1.82, 2.24) is 9.55 Å². The molecule has 0 aliphatic rings. The van der Waals surface area contributed by atoms with Crippen molar-refractivity contribution in [2.24, 2.45) is 0 Å². The predicted octanol–water partition coefficient (Wildman–Crippen LogP) is 3.44. The molecule has 0 amide bonds. The zero-order valence-electron chi connectivity index (χ0n) is 10.6. The molecule has 2 aromatic heterocycles. The number of pyridine rings is 1. The zero-order chi connectivity index (χ0) is 12.7. The first-order valence-electron chi connectivity index (χ1n) is 6.00. The van der Waals surface area contributed by atoms with Crippen LogP contribution in [0.5, 0.6) is 0 Å². The van der Waals surface area contributed by atoms with Crippen molar-refractivity contribution in [3.8, 4) is 12.3 Å². The van der Waals surface area contributed by atoms with Gasteiger partial charge in [-0.1, -0.05) is 18.1 Å². The number of terminal acetylenes is 1. The first kappa shape index (κ1) is 10.9. The molecule has 0 fully saturated rings. The van der Waals surface area contributed by atoms with E-state index in [1.165, 1.54) is 21.9 Å². The summed E-state index contributed by atoms with van der Waals surface area (Å²) in [5, 5.41) is 2.48. The second-order valence-corrected chi connectivity index (χ2v) is 4.60. The molecule has 3 aromatic rings. The summed E-state index contributed by atoms with van der Waals surface area (Å²) >= 11 is 0. The SMILES string of the molecule is C#CCn1c2cc(C)ccc2c2ccnc(C)c21. The topological polar surface area (TPSA) is 17.8 Å². The molecule has 1 aromatic carbocycles. The monoisotopic (exact) mass is 234 g/mol. The summed E-state index contributed by atoms with van der Waals surface area (Å²) in [7, 11) is 0. The van der Waals surface area contributed by atoms with Gasteiger partial charge in [-0.15, -0.1) is 6.42 Å². The van der Waals surface area contributed by atoms with Crippen LogP contribution in [0.1, 0.15) is 11.3 Å². The molecule has 0 saturated carbocycles. The largest absolute Gasteiger partial charge is 0.327 e. The Bertz CT molecular complexity index is 788. The number of benzene rings is 1.